The van der Waals surface area contributed by atoms with Crippen molar-refractivity contribution in [1.29, 1.82) is 0 Å². The van der Waals surface area contributed by atoms with E-state index in [0.717, 1.165) is 31.6 Å². The van der Waals surface area contributed by atoms with Gasteiger partial charge in [-0.3, -0.25) is 4.98 Å². The minimum atomic E-state index is 0.263. The van der Waals surface area contributed by atoms with Gasteiger partial charge in [0, 0.05) is 32.1 Å². The van der Waals surface area contributed by atoms with Crippen LogP contribution < -0.4 is 4.90 Å². The molecule has 0 bridgehead atoms. The highest BCUT2D eigenvalue weighted by Gasteiger charge is 2.20. The van der Waals surface area contributed by atoms with Crippen molar-refractivity contribution in [3.63, 3.8) is 0 Å². The first-order valence-corrected chi connectivity index (χ1v) is 5.64. The lowest BCUT2D eigenvalue weighted by molar-refractivity contribution is 0.209. The van der Waals surface area contributed by atoms with Crippen molar-refractivity contribution >= 4 is 17.3 Å². The highest BCUT2D eigenvalue weighted by molar-refractivity contribution is 6.33. The Kier molecular flexibility index (Phi) is 3.44. The number of hydrogen-bond donors (Lipinski definition) is 1. The van der Waals surface area contributed by atoms with Crippen molar-refractivity contribution in [2.24, 2.45) is 5.92 Å². The number of rotatable bonds is 2. The summed E-state index contributed by atoms with van der Waals surface area (Å²) in [7, 11) is 0. The molecule has 3 nitrogen and oxygen atoms in total. The van der Waals surface area contributed by atoms with Crippen molar-refractivity contribution in [2.45, 2.75) is 12.8 Å². The lowest BCUT2D eigenvalue weighted by Crippen LogP contribution is -2.36. The Hall–Kier alpha value is -0.800. The zero-order valence-corrected chi connectivity index (χ0v) is 9.32. The largest absolute Gasteiger partial charge is 0.396 e. The monoisotopic (exact) mass is 226 g/mol. The van der Waals surface area contributed by atoms with Crippen LogP contribution in [0.5, 0.6) is 0 Å². The normalized spacial score (nSPS) is 21.7. The fourth-order valence-corrected chi connectivity index (χ4v) is 2.30. The maximum Gasteiger partial charge on any atom is 0.0822 e. The van der Waals surface area contributed by atoms with Crippen LogP contribution in [-0.2, 0) is 0 Å². The van der Waals surface area contributed by atoms with E-state index in [0.29, 0.717) is 10.9 Å². The summed E-state index contributed by atoms with van der Waals surface area (Å²) in [4.78, 5) is 6.20. The number of piperidine rings is 1. The van der Waals surface area contributed by atoms with E-state index in [1.807, 2.05) is 6.07 Å². The Labute approximate surface area is 94.7 Å². The molecule has 0 spiro atoms. The Balaban J connectivity index is 2.13. The van der Waals surface area contributed by atoms with Gasteiger partial charge in [0.15, 0.2) is 0 Å². The van der Waals surface area contributed by atoms with E-state index in [9.17, 15) is 0 Å². The number of anilines is 1. The second-order valence-corrected chi connectivity index (χ2v) is 4.37. The van der Waals surface area contributed by atoms with E-state index >= 15 is 0 Å². The standard InChI is InChI=1S/C11H15ClN2O/c12-10-6-13-4-3-11(10)14-5-1-2-9(7-14)8-15/h3-4,6,9,15H,1-2,5,7-8H2. The van der Waals surface area contributed by atoms with E-state index in [4.69, 9.17) is 16.7 Å². The Morgan fingerprint density at radius 1 is 1.60 bits per heavy atom. The molecule has 1 aliphatic rings. The van der Waals surface area contributed by atoms with Crippen molar-refractivity contribution in [2.75, 3.05) is 24.6 Å². The van der Waals surface area contributed by atoms with Crippen molar-refractivity contribution in [1.82, 2.24) is 4.98 Å². The van der Waals surface area contributed by atoms with Crippen LogP contribution in [0.25, 0.3) is 0 Å². The summed E-state index contributed by atoms with van der Waals surface area (Å²) in [5, 5.41) is 9.84. The molecule has 1 unspecified atom stereocenters. The van der Waals surface area contributed by atoms with Gasteiger partial charge in [0.05, 0.1) is 10.7 Å². The van der Waals surface area contributed by atoms with Crippen LogP contribution >= 0.6 is 11.6 Å². The predicted molar refractivity (Wildman–Crippen MR) is 61.3 cm³/mol. The summed E-state index contributed by atoms with van der Waals surface area (Å²) in [5.74, 6) is 0.378. The van der Waals surface area contributed by atoms with Crippen LogP contribution in [0.15, 0.2) is 18.5 Å². The van der Waals surface area contributed by atoms with Crippen molar-refractivity contribution in [3.8, 4) is 0 Å². The van der Waals surface area contributed by atoms with Crippen molar-refractivity contribution in [3.05, 3.63) is 23.5 Å². The van der Waals surface area contributed by atoms with Gasteiger partial charge in [-0.2, -0.15) is 0 Å². The van der Waals surface area contributed by atoms with Gasteiger partial charge in [0.1, 0.15) is 0 Å². The third kappa shape index (κ3) is 2.41. The number of aliphatic hydroxyl groups excluding tert-OH is 1. The number of aliphatic hydroxyl groups is 1. The maximum atomic E-state index is 9.15. The second-order valence-electron chi connectivity index (χ2n) is 3.96. The van der Waals surface area contributed by atoms with Gasteiger partial charge < -0.3 is 10.0 Å². The first kappa shape index (κ1) is 10.7. The minimum absolute atomic E-state index is 0.263. The van der Waals surface area contributed by atoms with Gasteiger partial charge in [-0.15, -0.1) is 0 Å². The molecule has 4 heteroatoms. The van der Waals surface area contributed by atoms with Crippen molar-refractivity contribution < 1.29 is 5.11 Å². The lowest BCUT2D eigenvalue weighted by Gasteiger charge is -2.33. The number of halogens is 1. The molecule has 0 aromatic carbocycles. The predicted octanol–water partition coefficient (Wildman–Crippen LogP) is 1.94. The first-order chi connectivity index (χ1) is 7.31. The Morgan fingerprint density at radius 3 is 3.20 bits per heavy atom. The SMILES string of the molecule is OCC1CCCN(c2ccncc2Cl)C1. The maximum absolute atomic E-state index is 9.15. The molecule has 1 aromatic rings. The molecule has 1 fully saturated rings. The summed E-state index contributed by atoms with van der Waals surface area (Å²) in [6, 6.07) is 1.93. The van der Waals surface area contributed by atoms with E-state index in [2.05, 4.69) is 9.88 Å². The molecular formula is C11H15ClN2O. The number of pyridine rings is 1. The third-order valence-electron chi connectivity index (χ3n) is 2.87. The summed E-state index contributed by atoms with van der Waals surface area (Å²) in [6.45, 7) is 2.17. The average molecular weight is 227 g/mol. The minimum Gasteiger partial charge on any atom is -0.396 e. The van der Waals surface area contributed by atoms with Crippen LogP contribution in [0, 0.1) is 5.92 Å². The third-order valence-corrected chi connectivity index (χ3v) is 3.16. The summed E-state index contributed by atoms with van der Waals surface area (Å²) in [6.07, 6.45) is 5.64. The highest BCUT2D eigenvalue weighted by Crippen LogP contribution is 2.28. The fourth-order valence-electron chi connectivity index (χ4n) is 2.06. The van der Waals surface area contributed by atoms with Crippen LogP contribution in [0.3, 0.4) is 0 Å². The molecule has 1 saturated heterocycles. The van der Waals surface area contributed by atoms with Gasteiger partial charge in [0.25, 0.3) is 0 Å². The number of hydrogen-bond acceptors (Lipinski definition) is 3. The van der Waals surface area contributed by atoms with E-state index in [-0.39, 0.29) is 6.61 Å². The van der Waals surface area contributed by atoms with Crippen LogP contribution in [0.1, 0.15) is 12.8 Å². The van der Waals surface area contributed by atoms with E-state index in [1.54, 1.807) is 12.4 Å². The van der Waals surface area contributed by atoms with Gasteiger partial charge in [0.2, 0.25) is 0 Å². The van der Waals surface area contributed by atoms with Gasteiger partial charge in [-0.05, 0) is 24.8 Å². The summed E-state index contributed by atoms with van der Waals surface area (Å²) >= 11 is 6.08. The molecule has 15 heavy (non-hydrogen) atoms. The Morgan fingerprint density at radius 2 is 2.47 bits per heavy atom. The molecule has 0 saturated carbocycles. The molecule has 1 atom stereocenters. The molecule has 0 radical (unpaired) electrons. The van der Waals surface area contributed by atoms with Gasteiger partial charge in [-0.1, -0.05) is 11.6 Å². The molecular weight excluding hydrogens is 212 g/mol. The molecule has 2 heterocycles. The highest BCUT2D eigenvalue weighted by atomic mass is 35.5. The Bertz CT molecular complexity index is 332. The second kappa shape index (κ2) is 4.81. The fraction of sp³-hybridized carbons (Fsp3) is 0.545. The van der Waals surface area contributed by atoms with Crippen LogP contribution in [-0.4, -0.2) is 29.8 Å². The molecule has 0 amide bonds. The molecule has 1 N–H and O–H groups in total. The lowest BCUT2D eigenvalue weighted by atomic mass is 9.99. The van der Waals surface area contributed by atoms with Gasteiger partial charge in [-0.25, -0.2) is 0 Å². The van der Waals surface area contributed by atoms with E-state index in [1.165, 1.54) is 0 Å². The van der Waals surface area contributed by atoms with Gasteiger partial charge >= 0.3 is 0 Å². The number of nitrogens with zero attached hydrogens (tertiary/aromatic N) is 2. The smallest absolute Gasteiger partial charge is 0.0822 e. The molecule has 82 valence electrons. The molecule has 2 rings (SSSR count). The summed E-state index contributed by atoms with van der Waals surface area (Å²) in [5.41, 5.74) is 1.03. The first-order valence-electron chi connectivity index (χ1n) is 5.26. The van der Waals surface area contributed by atoms with Crippen LogP contribution in [0.2, 0.25) is 5.02 Å². The van der Waals surface area contributed by atoms with Crippen LogP contribution in [0.4, 0.5) is 5.69 Å². The zero-order chi connectivity index (χ0) is 10.7. The molecule has 1 aromatic heterocycles. The molecule has 0 aliphatic carbocycles. The quantitative estimate of drug-likeness (QED) is 0.838. The molecule has 1 aliphatic heterocycles. The average Bonchev–Trinajstić information content (AvgIpc) is 2.30. The zero-order valence-electron chi connectivity index (χ0n) is 8.56. The number of aromatic nitrogens is 1. The topological polar surface area (TPSA) is 36.4 Å². The summed E-state index contributed by atoms with van der Waals surface area (Å²) < 4.78 is 0. The van der Waals surface area contributed by atoms with E-state index < -0.39 is 0 Å².